The average Bonchev–Trinajstić information content (AvgIpc) is 2.90. The van der Waals surface area contributed by atoms with Crippen LogP contribution in [0.2, 0.25) is 0 Å². The van der Waals surface area contributed by atoms with Crippen molar-refractivity contribution in [2.45, 2.75) is 27.3 Å². The number of pyridine rings is 1. The van der Waals surface area contributed by atoms with Crippen LogP contribution < -0.4 is 4.74 Å². The van der Waals surface area contributed by atoms with E-state index in [0.717, 1.165) is 38.9 Å². The summed E-state index contributed by atoms with van der Waals surface area (Å²) < 4.78 is 8.29. The molecule has 120 valence electrons. The highest BCUT2D eigenvalue weighted by Crippen LogP contribution is 2.37. The molecule has 0 bridgehead atoms. The first-order chi connectivity index (χ1) is 10.9. The minimum absolute atomic E-state index is 0.137. The minimum atomic E-state index is 0.137. The third kappa shape index (κ3) is 3.08. The zero-order valence-corrected chi connectivity index (χ0v) is 15.3. The summed E-state index contributed by atoms with van der Waals surface area (Å²) in [4.78, 5) is 4.20. The lowest BCUT2D eigenvalue weighted by Crippen LogP contribution is -2.16. The highest BCUT2D eigenvalue weighted by molar-refractivity contribution is 9.10. The monoisotopic (exact) mass is 374 g/mol. The van der Waals surface area contributed by atoms with Gasteiger partial charge < -0.3 is 4.74 Å². The Labute approximate surface area is 143 Å². The Morgan fingerprint density at radius 1 is 1.17 bits per heavy atom. The summed E-state index contributed by atoms with van der Waals surface area (Å²) in [6.45, 7) is 7.37. The van der Waals surface area contributed by atoms with E-state index in [1.807, 2.05) is 16.8 Å². The molecule has 23 heavy (non-hydrogen) atoms. The van der Waals surface area contributed by atoms with Gasteiger partial charge in [-0.05, 0) is 33.5 Å². The van der Waals surface area contributed by atoms with Gasteiger partial charge in [-0.25, -0.2) is 4.68 Å². The molecule has 0 amide bonds. The highest BCUT2D eigenvalue weighted by atomic mass is 79.9. The van der Waals surface area contributed by atoms with E-state index in [2.05, 4.69) is 58.1 Å². The molecule has 0 fully saturated rings. The van der Waals surface area contributed by atoms with E-state index in [0.29, 0.717) is 0 Å². The van der Waals surface area contributed by atoms with Gasteiger partial charge in [0.05, 0.1) is 17.1 Å². The van der Waals surface area contributed by atoms with Crippen molar-refractivity contribution in [3.8, 4) is 16.9 Å². The van der Waals surface area contributed by atoms with Crippen molar-refractivity contribution >= 4 is 27.0 Å². The van der Waals surface area contributed by atoms with Gasteiger partial charge in [-0.1, -0.05) is 32.1 Å². The quantitative estimate of drug-likeness (QED) is 0.685. The number of methoxy groups -OCH3 is 1. The summed E-state index contributed by atoms with van der Waals surface area (Å²) in [5, 5.41) is 8.66. The number of aromatic nitrogens is 4. The molecule has 0 aliphatic heterocycles. The molecule has 0 saturated heterocycles. The fourth-order valence-electron chi connectivity index (χ4n) is 2.54. The lowest BCUT2D eigenvalue weighted by molar-refractivity contribution is 0.327. The molecule has 2 aromatic heterocycles. The van der Waals surface area contributed by atoms with Gasteiger partial charge in [-0.2, -0.15) is 0 Å². The van der Waals surface area contributed by atoms with Gasteiger partial charge in [-0.15, -0.1) is 5.10 Å². The summed E-state index contributed by atoms with van der Waals surface area (Å²) >= 11 is 3.68. The number of halogens is 1. The standard InChI is InChI=1S/C17H19BrN4O/c1-17(2,3)10-22-13-6-5-11(15(18)16(13)20-21-22)12-9-19-8-7-14(12)23-4/h5-9H,10H2,1-4H3. The first-order valence-corrected chi connectivity index (χ1v) is 8.20. The zero-order chi connectivity index (χ0) is 16.6. The maximum Gasteiger partial charge on any atom is 0.129 e. The van der Waals surface area contributed by atoms with E-state index in [1.165, 1.54) is 0 Å². The fourth-order valence-corrected chi connectivity index (χ4v) is 3.17. The van der Waals surface area contributed by atoms with Crippen LogP contribution in [-0.4, -0.2) is 27.1 Å². The smallest absolute Gasteiger partial charge is 0.129 e. The van der Waals surface area contributed by atoms with Crippen molar-refractivity contribution < 1.29 is 4.74 Å². The van der Waals surface area contributed by atoms with Crippen LogP contribution in [0.5, 0.6) is 5.75 Å². The maximum atomic E-state index is 5.44. The van der Waals surface area contributed by atoms with Gasteiger partial charge in [0.2, 0.25) is 0 Å². The van der Waals surface area contributed by atoms with Crippen LogP contribution in [0.4, 0.5) is 0 Å². The van der Waals surface area contributed by atoms with Crippen LogP contribution in [0.3, 0.4) is 0 Å². The van der Waals surface area contributed by atoms with Crippen molar-refractivity contribution in [1.82, 2.24) is 20.0 Å². The Hall–Kier alpha value is -1.95. The third-order valence-corrected chi connectivity index (χ3v) is 4.34. The summed E-state index contributed by atoms with van der Waals surface area (Å²) in [5.74, 6) is 0.780. The second-order valence-electron chi connectivity index (χ2n) is 6.68. The van der Waals surface area contributed by atoms with Crippen LogP contribution in [0.15, 0.2) is 35.1 Å². The lowest BCUT2D eigenvalue weighted by atomic mass is 9.97. The Bertz CT molecular complexity index is 851. The molecular formula is C17H19BrN4O. The molecule has 6 heteroatoms. The normalized spacial score (nSPS) is 11.9. The predicted molar refractivity (Wildman–Crippen MR) is 94.5 cm³/mol. The number of benzene rings is 1. The van der Waals surface area contributed by atoms with Crippen molar-refractivity contribution in [2.24, 2.45) is 5.41 Å². The second-order valence-corrected chi connectivity index (χ2v) is 7.47. The summed E-state index contributed by atoms with van der Waals surface area (Å²) in [7, 11) is 1.66. The van der Waals surface area contributed by atoms with Crippen molar-refractivity contribution in [1.29, 1.82) is 0 Å². The first-order valence-electron chi connectivity index (χ1n) is 7.41. The number of nitrogens with zero attached hydrogens (tertiary/aromatic N) is 4. The molecule has 3 rings (SSSR count). The fraction of sp³-hybridized carbons (Fsp3) is 0.353. The van der Waals surface area contributed by atoms with Gasteiger partial charge >= 0.3 is 0 Å². The minimum Gasteiger partial charge on any atom is -0.496 e. The van der Waals surface area contributed by atoms with Crippen LogP contribution in [0, 0.1) is 5.41 Å². The van der Waals surface area contributed by atoms with Crippen LogP contribution in [-0.2, 0) is 6.54 Å². The molecule has 1 aromatic carbocycles. The first kappa shape index (κ1) is 15.9. The highest BCUT2D eigenvalue weighted by Gasteiger charge is 2.18. The van der Waals surface area contributed by atoms with Crippen molar-refractivity contribution in [3.63, 3.8) is 0 Å². The largest absolute Gasteiger partial charge is 0.496 e. The van der Waals surface area contributed by atoms with E-state index in [1.54, 1.807) is 19.5 Å². The maximum absolute atomic E-state index is 5.44. The Balaban J connectivity index is 2.14. The number of hydrogen-bond donors (Lipinski definition) is 0. The second kappa shape index (κ2) is 5.92. The summed E-state index contributed by atoms with van der Waals surface area (Å²) in [5.41, 5.74) is 3.91. The topological polar surface area (TPSA) is 52.8 Å². The number of ether oxygens (including phenoxy) is 1. The van der Waals surface area contributed by atoms with E-state index in [-0.39, 0.29) is 5.41 Å². The van der Waals surface area contributed by atoms with E-state index < -0.39 is 0 Å². The van der Waals surface area contributed by atoms with Crippen molar-refractivity contribution in [3.05, 3.63) is 35.1 Å². The van der Waals surface area contributed by atoms with E-state index in [9.17, 15) is 0 Å². The van der Waals surface area contributed by atoms with Crippen LogP contribution in [0.25, 0.3) is 22.2 Å². The molecule has 0 spiro atoms. The predicted octanol–water partition coefficient (Wildman–Crippen LogP) is 4.31. The third-order valence-electron chi connectivity index (χ3n) is 3.54. The summed E-state index contributed by atoms with van der Waals surface area (Å²) in [6, 6.07) is 5.95. The number of hydrogen-bond acceptors (Lipinski definition) is 4. The molecular weight excluding hydrogens is 356 g/mol. The van der Waals surface area contributed by atoms with Crippen LogP contribution >= 0.6 is 15.9 Å². The molecule has 2 heterocycles. The average molecular weight is 375 g/mol. The Morgan fingerprint density at radius 2 is 1.96 bits per heavy atom. The summed E-state index contributed by atoms with van der Waals surface area (Å²) in [6.07, 6.45) is 3.51. The molecule has 0 aliphatic rings. The Morgan fingerprint density at radius 3 is 2.65 bits per heavy atom. The molecule has 5 nitrogen and oxygen atoms in total. The molecule has 0 aliphatic carbocycles. The van der Waals surface area contributed by atoms with Crippen LogP contribution in [0.1, 0.15) is 20.8 Å². The zero-order valence-electron chi connectivity index (χ0n) is 13.7. The molecule has 0 unspecified atom stereocenters. The van der Waals surface area contributed by atoms with Gasteiger partial charge in [0.15, 0.2) is 0 Å². The van der Waals surface area contributed by atoms with E-state index >= 15 is 0 Å². The Kier molecular flexibility index (Phi) is 4.10. The molecule has 0 atom stereocenters. The van der Waals surface area contributed by atoms with Gasteiger partial charge in [0, 0.05) is 30.1 Å². The molecule has 0 saturated carbocycles. The van der Waals surface area contributed by atoms with Gasteiger partial charge in [0.25, 0.3) is 0 Å². The number of rotatable bonds is 3. The molecule has 3 aromatic rings. The van der Waals surface area contributed by atoms with Gasteiger partial charge in [-0.3, -0.25) is 4.98 Å². The molecule has 0 N–H and O–H groups in total. The molecule has 0 radical (unpaired) electrons. The number of fused-ring (bicyclic) bond motifs is 1. The van der Waals surface area contributed by atoms with Crippen molar-refractivity contribution in [2.75, 3.05) is 7.11 Å². The van der Waals surface area contributed by atoms with E-state index in [4.69, 9.17) is 4.74 Å². The van der Waals surface area contributed by atoms with Gasteiger partial charge in [0.1, 0.15) is 11.3 Å². The SMILES string of the molecule is COc1ccncc1-c1ccc2c(nnn2CC(C)(C)C)c1Br. The lowest BCUT2D eigenvalue weighted by Gasteiger charge is -2.18.